The summed E-state index contributed by atoms with van der Waals surface area (Å²) in [5.41, 5.74) is 3.91. The molecule has 0 saturated carbocycles. The van der Waals surface area contributed by atoms with E-state index < -0.39 is 0 Å². The molecule has 0 bridgehead atoms. The maximum Gasteiger partial charge on any atom is 0.257 e. The average Bonchev–Trinajstić information content (AvgIpc) is 2.88. The second-order valence-electron chi connectivity index (χ2n) is 7.39. The van der Waals surface area contributed by atoms with E-state index >= 15 is 0 Å². The van der Waals surface area contributed by atoms with Crippen molar-refractivity contribution >= 4 is 22.6 Å². The van der Waals surface area contributed by atoms with E-state index in [9.17, 15) is 4.79 Å². The van der Waals surface area contributed by atoms with Gasteiger partial charge in [0.2, 0.25) is 0 Å². The van der Waals surface area contributed by atoms with E-state index in [1.807, 2.05) is 72.8 Å². The Morgan fingerprint density at radius 3 is 2.48 bits per heavy atom. The highest BCUT2D eigenvalue weighted by atomic mass is 16.5. The third kappa shape index (κ3) is 4.55. The summed E-state index contributed by atoms with van der Waals surface area (Å²) in [5, 5.41) is 3.69. The van der Waals surface area contributed by atoms with Crippen LogP contribution in [0.25, 0.3) is 22.2 Å². The van der Waals surface area contributed by atoms with Gasteiger partial charge >= 0.3 is 0 Å². The number of nitrogens with zero attached hydrogens (tertiary/aromatic N) is 3. The first kappa shape index (κ1) is 20.3. The van der Waals surface area contributed by atoms with Crippen molar-refractivity contribution in [1.82, 2.24) is 15.0 Å². The van der Waals surface area contributed by atoms with Crippen LogP contribution in [0.5, 0.6) is 5.75 Å². The largest absolute Gasteiger partial charge is 0.485 e. The number of hydrogen-bond acceptors (Lipinski definition) is 5. The lowest BCUT2D eigenvalue weighted by atomic mass is 10.0. The van der Waals surface area contributed by atoms with E-state index in [0.717, 1.165) is 27.7 Å². The zero-order valence-electron chi connectivity index (χ0n) is 17.7. The second kappa shape index (κ2) is 9.28. The van der Waals surface area contributed by atoms with Crippen LogP contribution >= 0.6 is 0 Å². The highest BCUT2D eigenvalue weighted by Gasteiger charge is 2.16. The van der Waals surface area contributed by atoms with Crippen LogP contribution in [-0.4, -0.2) is 20.9 Å². The van der Waals surface area contributed by atoms with Crippen molar-refractivity contribution in [3.63, 3.8) is 0 Å². The molecule has 3 aromatic heterocycles. The van der Waals surface area contributed by atoms with Crippen molar-refractivity contribution in [2.24, 2.45) is 0 Å². The normalized spacial score (nSPS) is 10.7. The standard InChI is InChI=1S/C27H20N4O2/c32-27(31-26-25(11-6-14-29-26)33-18-19-12-15-28-16-13-19)22-17-24(20-7-2-1-3-8-20)30-23-10-5-4-9-21(22)23/h1-17H,18H2,(H,29,31,32). The molecule has 1 amide bonds. The van der Waals surface area contributed by atoms with Crippen LogP contribution in [0.4, 0.5) is 5.82 Å². The van der Waals surface area contributed by atoms with Gasteiger partial charge in [-0.2, -0.15) is 0 Å². The van der Waals surface area contributed by atoms with Gasteiger partial charge in [-0.3, -0.25) is 9.78 Å². The molecule has 6 nitrogen and oxygen atoms in total. The van der Waals surface area contributed by atoms with Crippen LogP contribution in [0.2, 0.25) is 0 Å². The SMILES string of the molecule is O=C(Nc1ncccc1OCc1ccncc1)c1cc(-c2ccccc2)nc2ccccc12. The maximum atomic E-state index is 13.4. The predicted octanol–water partition coefficient (Wildman–Crippen LogP) is 5.52. The number of ether oxygens (including phenoxy) is 1. The fourth-order valence-corrected chi connectivity index (χ4v) is 3.54. The van der Waals surface area contributed by atoms with Crippen LogP contribution < -0.4 is 10.1 Å². The third-order valence-corrected chi connectivity index (χ3v) is 5.18. The molecule has 0 atom stereocenters. The highest BCUT2D eigenvalue weighted by Crippen LogP contribution is 2.27. The van der Waals surface area contributed by atoms with Gasteiger partial charge in [0.1, 0.15) is 6.61 Å². The molecule has 6 heteroatoms. The summed E-state index contributed by atoms with van der Waals surface area (Å²) in [6.45, 7) is 0.341. The molecule has 0 aliphatic carbocycles. The number of carbonyl (C=O) groups is 1. The second-order valence-corrected chi connectivity index (χ2v) is 7.39. The van der Waals surface area contributed by atoms with Crippen LogP contribution in [0.1, 0.15) is 15.9 Å². The zero-order valence-corrected chi connectivity index (χ0v) is 17.7. The van der Waals surface area contributed by atoms with Crippen molar-refractivity contribution in [3.05, 3.63) is 115 Å². The number of para-hydroxylation sites is 1. The molecule has 0 saturated heterocycles. The monoisotopic (exact) mass is 432 g/mol. The van der Waals surface area contributed by atoms with Crippen molar-refractivity contribution in [1.29, 1.82) is 0 Å². The first-order valence-corrected chi connectivity index (χ1v) is 10.5. The minimum atomic E-state index is -0.279. The average molecular weight is 432 g/mol. The molecular formula is C27H20N4O2. The smallest absolute Gasteiger partial charge is 0.257 e. The van der Waals surface area contributed by atoms with Gasteiger partial charge in [0.25, 0.3) is 5.91 Å². The lowest BCUT2D eigenvalue weighted by Crippen LogP contribution is -2.15. The van der Waals surface area contributed by atoms with Gasteiger partial charge in [0.15, 0.2) is 11.6 Å². The molecule has 0 unspecified atom stereocenters. The molecule has 0 radical (unpaired) electrons. The lowest BCUT2D eigenvalue weighted by molar-refractivity contribution is 0.102. The molecule has 2 aromatic carbocycles. The number of amides is 1. The maximum absolute atomic E-state index is 13.4. The Balaban J connectivity index is 1.46. The van der Waals surface area contributed by atoms with E-state index in [2.05, 4.69) is 15.3 Å². The Bertz CT molecular complexity index is 1410. The summed E-state index contributed by atoms with van der Waals surface area (Å²) in [6.07, 6.45) is 5.04. The van der Waals surface area contributed by atoms with Crippen LogP contribution in [0.3, 0.4) is 0 Å². The number of anilines is 1. The first-order valence-electron chi connectivity index (χ1n) is 10.5. The van der Waals surface area contributed by atoms with Crippen molar-refractivity contribution in [3.8, 4) is 17.0 Å². The lowest BCUT2D eigenvalue weighted by Gasteiger charge is -2.13. The van der Waals surface area contributed by atoms with Gasteiger partial charge in [0, 0.05) is 29.5 Å². The predicted molar refractivity (Wildman–Crippen MR) is 128 cm³/mol. The Hall–Kier alpha value is -4.58. The number of hydrogen-bond donors (Lipinski definition) is 1. The van der Waals surface area contributed by atoms with Gasteiger partial charge in [-0.05, 0) is 42.0 Å². The minimum absolute atomic E-state index is 0.279. The summed E-state index contributed by atoms with van der Waals surface area (Å²) < 4.78 is 5.92. The molecule has 1 N–H and O–H groups in total. The van der Waals surface area contributed by atoms with E-state index in [-0.39, 0.29) is 5.91 Å². The fraction of sp³-hybridized carbons (Fsp3) is 0.0370. The van der Waals surface area contributed by atoms with Gasteiger partial charge in [0.05, 0.1) is 16.8 Å². The summed E-state index contributed by atoms with van der Waals surface area (Å²) in [5.74, 6) is 0.571. The van der Waals surface area contributed by atoms with E-state index in [4.69, 9.17) is 9.72 Å². The molecular weight excluding hydrogens is 412 g/mol. The van der Waals surface area contributed by atoms with E-state index in [0.29, 0.717) is 23.7 Å². The van der Waals surface area contributed by atoms with E-state index in [1.165, 1.54) is 0 Å². The summed E-state index contributed by atoms with van der Waals surface area (Å²) >= 11 is 0. The van der Waals surface area contributed by atoms with Crippen molar-refractivity contribution < 1.29 is 9.53 Å². The van der Waals surface area contributed by atoms with Crippen molar-refractivity contribution in [2.75, 3.05) is 5.32 Å². The number of benzene rings is 2. The molecule has 0 aliphatic heterocycles. The topological polar surface area (TPSA) is 77.0 Å². The van der Waals surface area contributed by atoms with Gasteiger partial charge < -0.3 is 10.1 Å². The molecule has 160 valence electrons. The number of nitrogens with one attached hydrogen (secondary N) is 1. The quantitative estimate of drug-likeness (QED) is 0.382. The zero-order chi connectivity index (χ0) is 22.5. The fourth-order valence-electron chi connectivity index (χ4n) is 3.54. The van der Waals surface area contributed by atoms with E-state index in [1.54, 1.807) is 30.7 Å². The summed E-state index contributed by atoms with van der Waals surface area (Å²) in [6, 6.07) is 26.5. The molecule has 5 rings (SSSR count). The highest BCUT2D eigenvalue weighted by molar-refractivity contribution is 6.13. The molecule has 0 aliphatic rings. The number of pyridine rings is 3. The molecule has 3 heterocycles. The third-order valence-electron chi connectivity index (χ3n) is 5.18. The summed E-state index contributed by atoms with van der Waals surface area (Å²) in [7, 11) is 0. The minimum Gasteiger partial charge on any atom is -0.485 e. The van der Waals surface area contributed by atoms with Crippen LogP contribution in [0.15, 0.2) is 104 Å². The number of carbonyl (C=O) groups excluding carboxylic acids is 1. The Morgan fingerprint density at radius 2 is 1.64 bits per heavy atom. The Labute approximate surface area is 190 Å². The van der Waals surface area contributed by atoms with Crippen LogP contribution in [-0.2, 0) is 6.61 Å². The molecule has 5 aromatic rings. The van der Waals surface area contributed by atoms with Crippen LogP contribution in [0, 0.1) is 0 Å². The number of fused-ring (bicyclic) bond motifs is 1. The first-order chi connectivity index (χ1) is 16.3. The number of aromatic nitrogens is 3. The van der Waals surface area contributed by atoms with Crippen molar-refractivity contribution in [2.45, 2.75) is 6.61 Å². The molecule has 33 heavy (non-hydrogen) atoms. The summed E-state index contributed by atoms with van der Waals surface area (Å²) in [4.78, 5) is 26.5. The Morgan fingerprint density at radius 1 is 0.848 bits per heavy atom. The molecule has 0 spiro atoms. The molecule has 0 fully saturated rings. The van der Waals surface area contributed by atoms with Gasteiger partial charge in [-0.25, -0.2) is 9.97 Å². The Kier molecular flexibility index (Phi) is 5.72. The van der Waals surface area contributed by atoms with Gasteiger partial charge in [-0.15, -0.1) is 0 Å². The van der Waals surface area contributed by atoms with Gasteiger partial charge in [-0.1, -0.05) is 48.5 Å². The number of rotatable bonds is 6.